The molecule has 1 aliphatic heterocycles. The lowest BCUT2D eigenvalue weighted by Gasteiger charge is -2.38. The van der Waals surface area contributed by atoms with Gasteiger partial charge in [-0.1, -0.05) is 13.3 Å². The number of nitrogens with two attached hydrogens (primary N) is 1. The van der Waals surface area contributed by atoms with E-state index in [0.29, 0.717) is 19.8 Å². The van der Waals surface area contributed by atoms with Crippen LogP contribution >= 0.6 is 0 Å². The Hall–Kier alpha value is -0.650. The van der Waals surface area contributed by atoms with Gasteiger partial charge in [-0.15, -0.1) is 0 Å². The minimum Gasteiger partial charge on any atom is -0.378 e. The van der Waals surface area contributed by atoms with Crippen molar-refractivity contribution in [3.8, 4) is 0 Å². The van der Waals surface area contributed by atoms with Gasteiger partial charge in [-0.3, -0.25) is 9.69 Å². The van der Waals surface area contributed by atoms with Crippen LogP contribution in [0.25, 0.3) is 0 Å². The normalized spacial score (nSPS) is 24.6. The first kappa shape index (κ1) is 15.4. The van der Waals surface area contributed by atoms with E-state index in [2.05, 4.69) is 17.1 Å². The van der Waals surface area contributed by atoms with E-state index in [1.54, 1.807) is 0 Å². The number of amides is 1. The van der Waals surface area contributed by atoms with Gasteiger partial charge in [0.15, 0.2) is 0 Å². The molecule has 18 heavy (non-hydrogen) atoms. The van der Waals surface area contributed by atoms with Gasteiger partial charge >= 0.3 is 0 Å². The summed E-state index contributed by atoms with van der Waals surface area (Å²) in [6.45, 7) is 8.73. The van der Waals surface area contributed by atoms with Gasteiger partial charge in [0.25, 0.3) is 0 Å². The quantitative estimate of drug-likeness (QED) is 0.720. The first-order chi connectivity index (χ1) is 8.60. The van der Waals surface area contributed by atoms with Crippen molar-refractivity contribution in [3.05, 3.63) is 0 Å². The van der Waals surface area contributed by atoms with Crippen LogP contribution < -0.4 is 11.1 Å². The van der Waals surface area contributed by atoms with Crippen molar-refractivity contribution < 1.29 is 9.53 Å². The Morgan fingerprint density at radius 2 is 2.28 bits per heavy atom. The number of hydrogen-bond acceptors (Lipinski definition) is 4. The van der Waals surface area contributed by atoms with Crippen LogP contribution in [0.2, 0.25) is 0 Å². The number of morpholine rings is 1. The first-order valence-corrected chi connectivity index (χ1v) is 6.94. The summed E-state index contributed by atoms with van der Waals surface area (Å²) in [5.41, 5.74) is 5.73. The molecule has 0 bridgehead atoms. The lowest BCUT2D eigenvalue weighted by Crippen LogP contribution is -2.57. The van der Waals surface area contributed by atoms with Crippen molar-refractivity contribution >= 4 is 5.91 Å². The highest BCUT2D eigenvalue weighted by atomic mass is 16.5. The number of ether oxygens (including phenoxy) is 1. The van der Waals surface area contributed by atoms with Crippen molar-refractivity contribution in [2.45, 2.75) is 51.7 Å². The van der Waals surface area contributed by atoms with E-state index in [4.69, 9.17) is 10.5 Å². The molecule has 0 radical (unpaired) electrons. The third-order valence-corrected chi connectivity index (χ3v) is 3.53. The van der Waals surface area contributed by atoms with E-state index in [-0.39, 0.29) is 24.0 Å². The zero-order valence-electron chi connectivity index (χ0n) is 11.8. The summed E-state index contributed by atoms with van der Waals surface area (Å²) in [7, 11) is 0. The highest BCUT2D eigenvalue weighted by Gasteiger charge is 2.30. The predicted molar refractivity (Wildman–Crippen MR) is 72.3 cm³/mol. The summed E-state index contributed by atoms with van der Waals surface area (Å²) >= 11 is 0. The summed E-state index contributed by atoms with van der Waals surface area (Å²) in [6, 6.07) is 0.255. The zero-order chi connectivity index (χ0) is 13.5. The Kier molecular flexibility index (Phi) is 6.60. The van der Waals surface area contributed by atoms with E-state index < -0.39 is 0 Å². The molecule has 5 nitrogen and oxygen atoms in total. The van der Waals surface area contributed by atoms with Gasteiger partial charge < -0.3 is 15.8 Å². The number of rotatable bonds is 6. The van der Waals surface area contributed by atoms with Gasteiger partial charge in [-0.05, 0) is 20.3 Å². The molecule has 0 aromatic rings. The van der Waals surface area contributed by atoms with E-state index in [9.17, 15) is 4.79 Å². The molecule has 0 aliphatic carbocycles. The monoisotopic (exact) mass is 257 g/mol. The topological polar surface area (TPSA) is 67.6 Å². The number of hydrogen-bond donors (Lipinski definition) is 2. The number of nitrogens with zero attached hydrogens (tertiary/aromatic N) is 1. The predicted octanol–water partition coefficient (Wildman–Crippen LogP) is 0.339. The molecule has 3 unspecified atom stereocenters. The van der Waals surface area contributed by atoms with Crippen molar-refractivity contribution in [1.29, 1.82) is 0 Å². The average molecular weight is 257 g/mol. The standard InChI is InChI=1S/C13H27N3O2/c1-4-5-10(2)15-13(17)11(3)16-6-7-18-9-12(16)8-14/h10-12H,4-9,14H2,1-3H3,(H,15,17). The van der Waals surface area contributed by atoms with Gasteiger partial charge in [0.2, 0.25) is 5.91 Å². The molecule has 0 saturated carbocycles. The Morgan fingerprint density at radius 1 is 1.56 bits per heavy atom. The molecule has 0 aromatic heterocycles. The van der Waals surface area contributed by atoms with Gasteiger partial charge in [0.05, 0.1) is 19.3 Å². The maximum atomic E-state index is 12.2. The first-order valence-electron chi connectivity index (χ1n) is 6.94. The van der Waals surface area contributed by atoms with Crippen LogP contribution in [-0.2, 0) is 9.53 Å². The van der Waals surface area contributed by atoms with Crippen molar-refractivity contribution in [3.63, 3.8) is 0 Å². The van der Waals surface area contributed by atoms with Gasteiger partial charge in [-0.25, -0.2) is 0 Å². The second-order valence-corrected chi connectivity index (χ2v) is 5.08. The SMILES string of the molecule is CCCC(C)NC(=O)C(C)N1CCOCC1CN. The molecule has 0 spiro atoms. The zero-order valence-corrected chi connectivity index (χ0v) is 11.8. The van der Waals surface area contributed by atoms with Crippen LogP contribution in [0.1, 0.15) is 33.6 Å². The molecule has 0 aromatic carbocycles. The van der Waals surface area contributed by atoms with Gasteiger partial charge in [-0.2, -0.15) is 0 Å². The van der Waals surface area contributed by atoms with Crippen molar-refractivity contribution in [2.24, 2.45) is 5.73 Å². The molecule has 3 atom stereocenters. The lowest BCUT2D eigenvalue weighted by molar-refractivity contribution is -0.130. The molecule has 1 fully saturated rings. The molecular formula is C13H27N3O2. The fourth-order valence-corrected chi connectivity index (χ4v) is 2.40. The average Bonchev–Trinajstić information content (AvgIpc) is 2.38. The summed E-state index contributed by atoms with van der Waals surface area (Å²) in [5.74, 6) is 0.0938. The van der Waals surface area contributed by atoms with E-state index >= 15 is 0 Å². The van der Waals surface area contributed by atoms with E-state index in [1.807, 2.05) is 13.8 Å². The molecule has 1 heterocycles. The van der Waals surface area contributed by atoms with Gasteiger partial charge in [0.1, 0.15) is 0 Å². The minimum absolute atomic E-state index is 0.0938. The molecule has 5 heteroatoms. The van der Waals surface area contributed by atoms with Crippen LogP contribution in [0.4, 0.5) is 0 Å². The summed E-state index contributed by atoms with van der Waals surface area (Å²) in [5, 5.41) is 3.06. The fourth-order valence-electron chi connectivity index (χ4n) is 2.40. The minimum atomic E-state index is -0.137. The Morgan fingerprint density at radius 3 is 2.89 bits per heavy atom. The number of carbonyl (C=O) groups is 1. The molecule has 3 N–H and O–H groups in total. The Balaban J connectivity index is 2.50. The molecule has 1 aliphatic rings. The Bertz CT molecular complexity index is 261. The molecule has 1 saturated heterocycles. The van der Waals surface area contributed by atoms with Crippen LogP contribution in [0, 0.1) is 0 Å². The molecule has 106 valence electrons. The van der Waals surface area contributed by atoms with Crippen LogP contribution in [0.5, 0.6) is 0 Å². The molecule has 1 rings (SSSR count). The van der Waals surface area contributed by atoms with Crippen LogP contribution in [0.15, 0.2) is 0 Å². The van der Waals surface area contributed by atoms with E-state index in [1.165, 1.54) is 0 Å². The van der Waals surface area contributed by atoms with Crippen molar-refractivity contribution in [2.75, 3.05) is 26.3 Å². The maximum Gasteiger partial charge on any atom is 0.237 e. The van der Waals surface area contributed by atoms with Crippen LogP contribution in [-0.4, -0.2) is 55.2 Å². The largest absolute Gasteiger partial charge is 0.378 e. The van der Waals surface area contributed by atoms with E-state index in [0.717, 1.165) is 19.4 Å². The maximum absolute atomic E-state index is 12.2. The number of carbonyl (C=O) groups excluding carboxylic acids is 1. The summed E-state index contributed by atoms with van der Waals surface area (Å²) in [4.78, 5) is 14.3. The third-order valence-electron chi connectivity index (χ3n) is 3.53. The van der Waals surface area contributed by atoms with Crippen LogP contribution in [0.3, 0.4) is 0 Å². The Labute approximate surface area is 110 Å². The lowest BCUT2D eigenvalue weighted by atomic mass is 10.1. The van der Waals surface area contributed by atoms with Gasteiger partial charge in [0, 0.05) is 25.2 Å². The smallest absolute Gasteiger partial charge is 0.237 e. The fraction of sp³-hybridized carbons (Fsp3) is 0.923. The molecule has 1 amide bonds. The number of nitrogens with one attached hydrogen (secondary N) is 1. The highest BCUT2D eigenvalue weighted by molar-refractivity contribution is 5.81. The third kappa shape index (κ3) is 4.23. The summed E-state index contributed by atoms with van der Waals surface area (Å²) < 4.78 is 5.40. The van der Waals surface area contributed by atoms with Crippen molar-refractivity contribution in [1.82, 2.24) is 10.2 Å². The summed E-state index contributed by atoms with van der Waals surface area (Å²) in [6.07, 6.45) is 2.10. The second-order valence-electron chi connectivity index (χ2n) is 5.08. The molecular weight excluding hydrogens is 230 g/mol. The highest BCUT2D eigenvalue weighted by Crippen LogP contribution is 2.11. The second kappa shape index (κ2) is 7.71.